The number of hydrogen-bond acceptors (Lipinski definition) is 8. The Labute approximate surface area is 186 Å². The Hall–Kier alpha value is -3.69. The standard InChI is InChI=1S/C22H28N6O4/c1-13(2)31-22(30)27-12-14(3)28(16(5)29)19-7-6-17(8-20(19)27)18(9-23)10-24-11-21-25-15(4)32-26-21/h6-10,13-14H,11-12,23H2,1-5H3/b18-9+,24-10?/t14-/m0/s1. The van der Waals surface area contributed by atoms with Crippen LogP contribution in [-0.4, -0.2) is 47.0 Å². The highest BCUT2D eigenvalue weighted by Gasteiger charge is 2.34. The Morgan fingerprint density at radius 3 is 2.72 bits per heavy atom. The van der Waals surface area contributed by atoms with Crippen molar-refractivity contribution in [3.05, 3.63) is 41.7 Å². The summed E-state index contributed by atoms with van der Waals surface area (Å²) in [5.74, 6) is 0.835. The van der Waals surface area contributed by atoms with Crippen LogP contribution >= 0.6 is 0 Å². The third-order valence-corrected chi connectivity index (χ3v) is 4.86. The number of rotatable bonds is 5. The van der Waals surface area contributed by atoms with Gasteiger partial charge in [-0.05, 0) is 38.5 Å². The van der Waals surface area contributed by atoms with Crippen LogP contribution in [0.25, 0.3) is 5.57 Å². The molecule has 0 radical (unpaired) electrons. The lowest BCUT2D eigenvalue weighted by Crippen LogP contribution is -2.51. The second-order valence-corrected chi connectivity index (χ2v) is 7.81. The molecule has 1 aromatic heterocycles. The first-order valence-electron chi connectivity index (χ1n) is 10.3. The summed E-state index contributed by atoms with van der Waals surface area (Å²) in [6.07, 6.45) is 2.30. The number of aromatic nitrogens is 2. The van der Waals surface area contributed by atoms with Crippen LogP contribution in [0.5, 0.6) is 0 Å². The minimum Gasteiger partial charge on any atom is -0.446 e. The van der Waals surface area contributed by atoms with Gasteiger partial charge in [0.1, 0.15) is 6.54 Å². The minimum absolute atomic E-state index is 0.102. The van der Waals surface area contributed by atoms with Crippen LogP contribution in [0, 0.1) is 6.92 Å². The summed E-state index contributed by atoms with van der Waals surface area (Å²) < 4.78 is 10.4. The van der Waals surface area contributed by atoms with Gasteiger partial charge >= 0.3 is 6.09 Å². The number of fused-ring (bicyclic) bond motifs is 1. The van der Waals surface area contributed by atoms with Crippen LogP contribution in [-0.2, 0) is 16.1 Å². The van der Waals surface area contributed by atoms with Crippen molar-refractivity contribution in [1.82, 2.24) is 10.1 Å². The van der Waals surface area contributed by atoms with Gasteiger partial charge in [0.15, 0.2) is 5.82 Å². The number of aryl methyl sites for hydroxylation is 1. The maximum Gasteiger partial charge on any atom is 0.414 e. The molecular formula is C22H28N6O4. The third kappa shape index (κ3) is 4.96. The molecule has 0 fully saturated rings. The Morgan fingerprint density at radius 2 is 2.12 bits per heavy atom. The molecule has 10 heteroatoms. The van der Waals surface area contributed by atoms with Gasteiger partial charge in [-0.3, -0.25) is 14.7 Å². The molecule has 0 unspecified atom stereocenters. The number of nitrogens with zero attached hydrogens (tertiary/aromatic N) is 5. The molecule has 1 atom stereocenters. The molecule has 0 bridgehead atoms. The van der Waals surface area contributed by atoms with Crippen LogP contribution in [0.1, 0.15) is 45.0 Å². The fourth-order valence-electron chi connectivity index (χ4n) is 3.57. The summed E-state index contributed by atoms with van der Waals surface area (Å²) in [5, 5.41) is 3.81. The van der Waals surface area contributed by atoms with Gasteiger partial charge in [-0.1, -0.05) is 11.2 Å². The van der Waals surface area contributed by atoms with Gasteiger partial charge in [0.2, 0.25) is 11.8 Å². The van der Waals surface area contributed by atoms with Gasteiger partial charge in [-0.15, -0.1) is 0 Å². The summed E-state index contributed by atoms with van der Waals surface area (Å²) in [7, 11) is 0. The lowest BCUT2D eigenvalue weighted by Gasteiger charge is -2.40. The van der Waals surface area contributed by atoms with Crippen molar-refractivity contribution in [1.29, 1.82) is 0 Å². The van der Waals surface area contributed by atoms with Crippen molar-refractivity contribution in [2.75, 3.05) is 16.3 Å². The topological polar surface area (TPSA) is 127 Å². The molecule has 10 nitrogen and oxygen atoms in total. The molecule has 2 amide bonds. The Balaban J connectivity index is 1.95. The largest absolute Gasteiger partial charge is 0.446 e. The number of aliphatic imine (C=N–C) groups is 1. The van der Waals surface area contributed by atoms with Gasteiger partial charge < -0.3 is 19.9 Å². The van der Waals surface area contributed by atoms with Crippen LogP contribution in [0.4, 0.5) is 16.2 Å². The molecule has 0 spiro atoms. The van der Waals surface area contributed by atoms with E-state index >= 15 is 0 Å². The van der Waals surface area contributed by atoms with Crippen molar-refractivity contribution in [2.24, 2.45) is 10.7 Å². The Kier molecular flexibility index (Phi) is 6.92. The second-order valence-electron chi connectivity index (χ2n) is 7.81. The molecule has 1 aliphatic heterocycles. The number of allylic oxidation sites excluding steroid dienone is 1. The van der Waals surface area contributed by atoms with Crippen molar-refractivity contribution in [2.45, 2.75) is 53.3 Å². The Morgan fingerprint density at radius 1 is 1.38 bits per heavy atom. The average molecular weight is 441 g/mol. The van der Waals surface area contributed by atoms with Crippen LogP contribution < -0.4 is 15.5 Å². The number of amides is 2. The van der Waals surface area contributed by atoms with E-state index < -0.39 is 6.09 Å². The van der Waals surface area contributed by atoms with E-state index in [0.717, 1.165) is 5.56 Å². The molecule has 2 N–H and O–H groups in total. The van der Waals surface area contributed by atoms with Crippen molar-refractivity contribution in [3.63, 3.8) is 0 Å². The first-order valence-corrected chi connectivity index (χ1v) is 10.3. The lowest BCUT2D eigenvalue weighted by molar-refractivity contribution is -0.117. The predicted molar refractivity (Wildman–Crippen MR) is 121 cm³/mol. The fourth-order valence-corrected chi connectivity index (χ4v) is 3.57. The number of carbonyl (C=O) groups is 2. The summed E-state index contributed by atoms with van der Waals surface area (Å²) in [6.45, 7) is 9.25. The first-order chi connectivity index (χ1) is 15.2. The summed E-state index contributed by atoms with van der Waals surface area (Å²) in [5.41, 5.74) is 8.43. The van der Waals surface area contributed by atoms with E-state index in [1.54, 1.807) is 42.9 Å². The highest BCUT2D eigenvalue weighted by molar-refractivity contribution is 6.11. The van der Waals surface area contributed by atoms with Gasteiger partial charge in [0, 0.05) is 38.4 Å². The van der Waals surface area contributed by atoms with E-state index in [1.165, 1.54) is 13.1 Å². The summed E-state index contributed by atoms with van der Waals surface area (Å²) in [6, 6.07) is 5.25. The van der Waals surface area contributed by atoms with Gasteiger partial charge in [0.25, 0.3) is 0 Å². The van der Waals surface area contributed by atoms with Crippen LogP contribution in [0.3, 0.4) is 0 Å². The van der Waals surface area contributed by atoms with E-state index in [2.05, 4.69) is 15.1 Å². The van der Waals surface area contributed by atoms with Crippen molar-refractivity contribution >= 4 is 35.2 Å². The zero-order chi connectivity index (χ0) is 23.4. The zero-order valence-electron chi connectivity index (χ0n) is 18.9. The molecule has 0 aliphatic carbocycles. The van der Waals surface area contributed by atoms with Gasteiger partial charge in [-0.25, -0.2) is 4.79 Å². The average Bonchev–Trinajstić information content (AvgIpc) is 3.14. The number of benzene rings is 1. The maximum absolute atomic E-state index is 12.8. The third-order valence-electron chi connectivity index (χ3n) is 4.86. The zero-order valence-corrected chi connectivity index (χ0v) is 18.9. The smallest absolute Gasteiger partial charge is 0.414 e. The highest BCUT2D eigenvalue weighted by Crippen LogP contribution is 2.38. The van der Waals surface area contributed by atoms with E-state index in [9.17, 15) is 9.59 Å². The van der Waals surface area contributed by atoms with E-state index in [1.807, 2.05) is 19.1 Å². The van der Waals surface area contributed by atoms with E-state index in [4.69, 9.17) is 15.0 Å². The van der Waals surface area contributed by atoms with Gasteiger partial charge in [0.05, 0.1) is 23.5 Å². The van der Waals surface area contributed by atoms with Crippen LogP contribution in [0.15, 0.2) is 33.9 Å². The van der Waals surface area contributed by atoms with E-state index in [-0.39, 0.29) is 24.6 Å². The Bertz CT molecular complexity index is 1060. The lowest BCUT2D eigenvalue weighted by atomic mass is 10.0. The fraction of sp³-hybridized carbons (Fsp3) is 0.409. The monoisotopic (exact) mass is 440 g/mol. The number of hydrogen-bond donors (Lipinski definition) is 1. The molecule has 1 aliphatic rings. The number of nitrogens with two attached hydrogens (primary N) is 1. The molecule has 2 aromatic rings. The number of ether oxygens (including phenoxy) is 1. The number of anilines is 2. The second kappa shape index (κ2) is 9.63. The van der Waals surface area contributed by atoms with Crippen molar-refractivity contribution in [3.8, 4) is 0 Å². The SMILES string of the molecule is CC(=O)N1c2ccc(/C(C=NCc3noc(C)n3)=C/N)cc2N(C(=O)OC(C)C)C[C@@H]1C. The predicted octanol–water partition coefficient (Wildman–Crippen LogP) is 3.06. The molecular weight excluding hydrogens is 412 g/mol. The minimum atomic E-state index is -0.465. The highest BCUT2D eigenvalue weighted by atomic mass is 16.6. The molecule has 3 rings (SSSR count). The quantitative estimate of drug-likeness (QED) is 0.708. The number of carbonyl (C=O) groups excluding carboxylic acids is 2. The maximum atomic E-state index is 12.8. The van der Waals surface area contributed by atoms with Crippen LogP contribution in [0.2, 0.25) is 0 Å². The molecule has 0 saturated carbocycles. The van der Waals surface area contributed by atoms with Gasteiger partial charge in [-0.2, -0.15) is 4.98 Å². The molecule has 0 saturated heterocycles. The summed E-state index contributed by atoms with van der Waals surface area (Å²) >= 11 is 0. The first kappa shape index (κ1) is 23.0. The normalized spacial score (nSPS) is 16.6. The molecule has 2 heterocycles. The molecule has 32 heavy (non-hydrogen) atoms. The summed E-state index contributed by atoms with van der Waals surface area (Å²) in [4.78, 5) is 36.8. The van der Waals surface area contributed by atoms with E-state index in [0.29, 0.717) is 35.2 Å². The molecule has 170 valence electrons. The van der Waals surface area contributed by atoms with Crippen molar-refractivity contribution < 1.29 is 18.8 Å². The molecule has 1 aromatic carbocycles.